The van der Waals surface area contributed by atoms with Crippen LogP contribution < -0.4 is 15.2 Å². The van der Waals surface area contributed by atoms with Crippen LogP contribution in [0.3, 0.4) is 0 Å². The average Bonchev–Trinajstić information content (AvgIpc) is 2.34. The molecular weight excluding hydrogens is 238 g/mol. The van der Waals surface area contributed by atoms with Gasteiger partial charge in [-0.3, -0.25) is 0 Å². The zero-order chi connectivity index (χ0) is 13.5. The third kappa shape index (κ3) is 2.44. The topological polar surface area (TPSA) is 44.5 Å². The van der Waals surface area contributed by atoms with E-state index in [-0.39, 0.29) is 11.6 Å². The standard InChI is InChI=1S/C16H23NO2/c1-16(9-11-4-3-5-11)10-14(17)13-8-12(18-2)6-7-15(13)19-16/h6-8,11,14H,3-5,9-10,17H2,1-2H3/t14-,16?/m1/s1. The van der Waals surface area contributed by atoms with Crippen molar-refractivity contribution in [3.8, 4) is 11.5 Å². The Hall–Kier alpha value is -1.22. The molecule has 1 aromatic rings. The zero-order valence-corrected chi connectivity index (χ0v) is 11.8. The molecule has 0 aromatic heterocycles. The van der Waals surface area contributed by atoms with Crippen molar-refractivity contribution in [1.29, 1.82) is 0 Å². The Morgan fingerprint density at radius 3 is 2.84 bits per heavy atom. The summed E-state index contributed by atoms with van der Waals surface area (Å²) in [5.74, 6) is 2.61. The average molecular weight is 261 g/mol. The van der Waals surface area contributed by atoms with Crippen LogP contribution in [0.5, 0.6) is 11.5 Å². The van der Waals surface area contributed by atoms with E-state index in [4.69, 9.17) is 15.2 Å². The SMILES string of the molecule is COc1ccc2c(c1)[C@H](N)CC(C)(CC1CCC1)O2. The molecule has 0 amide bonds. The quantitative estimate of drug-likeness (QED) is 0.906. The Morgan fingerprint density at radius 1 is 1.42 bits per heavy atom. The fraction of sp³-hybridized carbons (Fsp3) is 0.625. The predicted molar refractivity (Wildman–Crippen MR) is 75.5 cm³/mol. The monoisotopic (exact) mass is 261 g/mol. The van der Waals surface area contributed by atoms with Crippen LogP contribution >= 0.6 is 0 Å². The molecule has 0 spiro atoms. The van der Waals surface area contributed by atoms with Gasteiger partial charge in [-0.1, -0.05) is 19.3 Å². The Balaban J connectivity index is 1.82. The molecule has 1 heterocycles. The summed E-state index contributed by atoms with van der Waals surface area (Å²) in [6, 6.07) is 5.99. The number of nitrogens with two attached hydrogens (primary N) is 1. The smallest absolute Gasteiger partial charge is 0.125 e. The summed E-state index contributed by atoms with van der Waals surface area (Å²) in [5, 5.41) is 0. The van der Waals surface area contributed by atoms with E-state index in [2.05, 4.69) is 6.92 Å². The van der Waals surface area contributed by atoms with E-state index in [1.54, 1.807) is 7.11 Å². The summed E-state index contributed by atoms with van der Waals surface area (Å²) in [4.78, 5) is 0. The van der Waals surface area contributed by atoms with Crippen LogP contribution in [0, 0.1) is 5.92 Å². The van der Waals surface area contributed by atoms with E-state index in [0.717, 1.165) is 35.8 Å². The summed E-state index contributed by atoms with van der Waals surface area (Å²) in [6.45, 7) is 2.21. The zero-order valence-electron chi connectivity index (χ0n) is 11.8. The third-order valence-electron chi connectivity index (χ3n) is 4.57. The van der Waals surface area contributed by atoms with E-state index in [1.807, 2.05) is 18.2 Å². The van der Waals surface area contributed by atoms with Crippen LogP contribution in [-0.2, 0) is 0 Å². The Bertz CT molecular complexity index is 470. The lowest BCUT2D eigenvalue weighted by molar-refractivity contribution is 0.0170. The number of fused-ring (bicyclic) bond motifs is 1. The highest BCUT2D eigenvalue weighted by atomic mass is 16.5. The molecule has 1 aliphatic heterocycles. The van der Waals surface area contributed by atoms with Crippen molar-refractivity contribution in [2.24, 2.45) is 11.7 Å². The Labute approximate surface area is 115 Å². The number of ether oxygens (including phenoxy) is 2. The van der Waals surface area contributed by atoms with Crippen molar-refractivity contribution in [3.63, 3.8) is 0 Å². The summed E-state index contributed by atoms with van der Waals surface area (Å²) in [6.07, 6.45) is 6.10. The van der Waals surface area contributed by atoms with Crippen molar-refractivity contribution >= 4 is 0 Å². The molecule has 1 aromatic carbocycles. The summed E-state index contributed by atoms with van der Waals surface area (Å²) >= 11 is 0. The molecule has 3 heteroatoms. The number of benzene rings is 1. The van der Waals surface area contributed by atoms with Gasteiger partial charge >= 0.3 is 0 Å². The number of rotatable bonds is 3. The molecule has 104 valence electrons. The van der Waals surface area contributed by atoms with Crippen molar-refractivity contribution in [2.75, 3.05) is 7.11 Å². The minimum Gasteiger partial charge on any atom is -0.497 e. The van der Waals surface area contributed by atoms with E-state index >= 15 is 0 Å². The van der Waals surface area contributed by atoms with Gasteiger partial charge in [0.05, 0.1) is 7.11 Å². The first-order chi connectivity index (χ1) is 9.09. The maximum atomic E-state index is 6.35. The van der Waals surface area contributed by atoms with Gasteiger partial charge in [-0.2, -0.15) is 0 Å². The molecule has 19 heavy (non-hydrogen) atoms. The van der Waals surface area contributed by atoms with Crippen LogP contribution in [0.25, 0.3) is 0 Å². The van der Waals surface area contributed by atoms with Crippen molar-refractivity contribution in [1.82, 2.24) is 0 Å². The fourth-order valence-electron chi connectivity index (χ4n) is 3.35. The summed E-state index contributed by atoms with van der Waals surface area (Å²) in [7, 11) is 1.68. The first kappa shape index (κ1) is 12.8. The van der Waals surface area contributed by atoms with Gasteiger partial charge in [0, 0.05) is 18.0 Å². The van der Waals surface area contributed by atoms with Gasteiger partial charge < -0.3 is 15.2 Å². The van der Waals surface area contributed by atoms with Crippen molar-refractivity contribution < 1.29 is 9.47 Å². The molecule has 2 N–H and O–H groups in total. The second-order valence-electron chi connectivity index (χ2n) is 6.27. The van der Waals surface area contributed by atoms with E-state index < -0.39 is 0 Å². The highest BCUT2D eigenvalue weighted by Crippen LogP contribution is 2.45. The van der Waals surface area contributed by atoms with Crippen LogP contribution in [0.1, 0.15) is 50.6 Å². The van der Waals surface area contributed by atoms with Gasteiger partial charge in [-0.25, -0.2) is 0 Å². The van der Waals surface area contributed by atoms with E-state index in [0.29, 0.717) is 0 Å². The number of methoxy groups -OCH3 is 1. The molecule has 1 fully saturated rings. The largest absolute Gasteiger partial charge is 0.497 e. The van der Waals surface area contributed by atoms with Crippen molar-refractivity contribution in [2.45, 2.75) is 50.7 Å². The fourth-order valence-corrected chi connectivity index (χ4v) is 3.35. The maximum absolute atomic E-state index is 6.35. The number of hydrogen-bond acceptors (Lipinski definition) is 3. The minimum atomic E-state index is -0.105. The van der Waals surface area contributed by atoms with Crippen molar-refractivity contribution in [3.05, 3.63) is 23.8 Å². The molecule has 2 atom stereocenters. The first-order valence-corrected chi connectivity index (χ1v) is 7.22. The predicted octanol–water partition coefficient (Wildman–Crippen LogP) is 3.43. The van der Waals surface area contributed by atoms with Gasteiger partial charge in [0.15, 0.2) is 0 Å². The first-order valence-electron chi connectivity index (χ1n) is 7.22. The van der Waals surface area contributed by atoms with Gasteiger partial charge in [0.1, 0.15) is 17.1 Å². The molecule has 3 rings (SSSR count). The minimum absolute atomic E-state index is 0.0453. The van der Waals surface area contributed by atoms with Gasteiger partial charge in [0.2, 0.25) is 0 Å². The lowest BCUT2D eigenvalue weighted by Crippen LogP contribution is -2.42. The Kier molecular flexibility index (Phi) is 3.17. The second kappa shape index (κ2) is 4.71. The highest BCUT2D eigenvalue weighted by Gasteiger charge is 2.39. The third-order valence-corrected chi connectivity index (χ3v) is 4.57. The molecule has 1 saturated carbocycles. The molecule has 3 nitrogen and oxygen atoms in total. The molecule has 0 radical (unpaired) electrons. The lowest BCUT2D eigenvalue weighted by atomic mass is 9.74. The van der Waals surface area contributed by atoms with Crippen LogP contribution in [0.15, 0.2) is 18.2 Å². The highest BCUT2D eigenvalue weighted by molar-refractivity contribution is 5.44. The van der Waals surface area contributed by atoms with Gasteiger partial charge in [-0.15, -0.1) is 0 Å². The number of hydrogen-bond donors (Lipinski definition) is 1. The molecule has 0 saturated heterocycles. The lowest BCUT2D eigenvalue weighted by Gasteiger charge is -2.42. The maximum Gasteiger partial charge on any atom is 0.125 e. The molecule has 1 unspecified atom stereocenters. The molecule has 2 aliphatic rings. The van der Waals surface area contributed by atoms with E-state index in [9.17, 15) is 0 Å². The summed E-state index contributed by atoms with van der Waals surface area (Å²) in [5.41, 5.74) is 7.31. The van der Waals surface area contributed by atoms with Crippen LogP contribution in [-0.4, -0.2) is 12.7 Å². The van der Waals surface area contributed by atoms with Crippen LogP contribution in [0.4, 0.5) is 0 Å². The van der Waals surface area contributed by atoms with Gasteiger partial charge in [-0.05, 0) is 37.5 Å². The molecular formula is C16H23NO2. The second-order valence-corrected chi connectivity index (χ2v) is 6.27. The molecule has 0 bridgehead atoms. The van der Waals surface area contributed by atoms with E-state index in [1.165, 1.54) is 19.3 Å². The molecule has 1 aliphatic carbocycles. The Morgan fingerprint density at radius 2 is 2.21 bits per heavy atom. The van der Waals surface area contributed by atoms with Crippen LogP contribution in [0.2, 0.25) is 0 Å². The van der Waals surface area contributed by atoms with Gasteiger partial charge in [0.25, 0.3) is 0 Å². The normalized spacial score (nSPS) is 30.2. The summed E-state index contributed by atoms with van der Waals surface area (Å²) < 4.78 is 11.5.